The standard InChI is InChI=1S/C9H18N4O4/c1-3-6(7(14)15)13(2)9(17)12-5-4-11-8(10)16/h6H,3-5H2,1-2H3,(H,12,17)(H,14,15)(H3,10,11,16). The Morgan fingerprint density at radius 3 is 2.24 bits per heavy atom. The van der Waals surface area contributed by atoms with Crippen LogP contribution in [0.4, 0.5) is 9.59 Å². The first-order valence-corrected chi connectivity index (χ1v) is 5.16. The number of carbonyl (C=O) groups is 3. The Balaban J connectivity index is 4.04. The predicted octanol–water partition coefficient (Wildman–Crippen LogP) is -0.841. The van der Waals surface area contributed by atoms with Crippen LogP contribution in [0.5, 0.6) is 0 Å². The van der Waals surface area contributed by atoms with Crippen LogP contribution in [-0.2, 0) is 4.79 Å². The second-order valence-corrected chi connectivity index (χ2v) is 3.40. The van der Waals surface area contributed by atoms with Crippen molar-refractivity contribution in [2.45, 2.75) is 19.4 Å². The van der Waals surface area contributed by atoms with Crippen LogP contribution < -0.4 is 16.4 Å². The molecule has 4 amide bonds. The minimum absolute atomic E-state index is 0.183. The molecule has 0 aliphatic rings. The second kappa shape index (κ2) is 7.31. The third-order valence-corrected chi connectivity index (χ3v) is 2.16. The number of likely N-dealkylation sites (N-methyl/N-ethyl adjacent to an activating group) is 1. The first kappa shape index (κ1) is 15.0. The molecule has 0 saturated heterocycles. The molecular formula is C9H18N4O4. The van der Waals surface area contributed by atoms with Gasteiger partial charge in [0.2, 0.25) is 0 Å². The fourth-order valence-electron chi connectivity index (χ4n) is 1.24. The molecule has 0 rings (SSSR count). The molecule has 98 valence electrons. The van der Waals surface area contributed by atoms with E-state index in [0.717, 1.165) is 4.90 Å². The Kier molecular flexibility index (Phi) is 6.46. The summed E-state index contributed by atoms with van der Waals surface area (Å²) in [7, 11) is 1.40. The van der Waals surface area contributed by atoms with E-state index >= 15 is 0 Å². The Labute approximate surface area is 99.1 Å². The molecule has 0 saturated carbocycles. The summed E-state index contributed by atoms with van der Waals surface area (Å²) in [5.74, 6) is -1.06. The van der Waals surface area contributed by atoms with Gasteiger partial charge in [-0.25, -0.2) is 14.4 Å². The van der Waals surface area contributed by atoms with Crippen LogP contribution in [0.25, 0.3) is 0 Å². The van der Waals surface area contributed by atoms with E-state index in [9.17, 15) is 14.4 Å². The van der Waals surface area contributed by atoms with E-state index < -0.39 is 24.1 Å². The molecule has 0 aromatic rings. The van der Waals surface area contributed by atoms with E-state index in [-0.39, 0.29) is 13.1 Å². The van der Waals surface area contributed by atoms with Gasteiger partial charge in [-0.15, -0.1) is 0 Å². The minimum Gasteiger partial charge on any atom is -0.480 e. The third-order valence-electron chi connectivity index (χ3n) is 2.16. The molecule has 0 bridgehead atoms. The number of urea groups is 2. The highest BCUT2D eigenvalue weighted by Gasteiger charge is 2.24. The summed E-state index contributed by atoms with van der Waals surface area (Å²) in [6.07, 6.45) is 0.318. The SMILES string of the molecule is CCC(C(=O)O)N(C)C(=O)NCCNC(N)=O. The van der Waals surface area contributed by atoms with Gasteiger partial charge >= 0.3 is 18.0 Å². The van der Waals surface area contributed by atoms with Gasteiger partial charge in [-0.05, 0) is 6.42 Å². The molecule has 0 aromatic heterocycles. The Hall–Kier alpha value is -1.99. The maximum atomic E-state index is 11.5. The van der Waals surface area contributed by atoms with Crippen molar-refractivity contribution in [2.24, 2.45) is 5.73 Å². The zero-order valence-electron chi connectivity index (χ0n) is 9.90. The number of carboxylic acid groups (broad SMARTS) is 1. The molecule has 0 spiro atoms. The Morgan fingerprint density at radius 1 is 1.29 bits per heavy atom. The highest BCUT2D eigenvalue weighted by atomic mass is 16.4. The highest BCUT2D eigenvalue weighted by molar-refractivity contribution is 5.82. The molecule has 0 radical (unpaired) electrons. The molecule has 1 unspecified atom stereocenters. The van der Waals surface area contributed by atoms with Gasteiger partial charge in [0.1, 0.15) is 6.04 Å². The van der Waals surface area contributed by atoms with Crippen molar-refractivity contribution < 1.29 is 19.5 Å². The zero-order valence-corrected chi connectivity index (χ0v) is 9.90. The number of aliphatic carboxylic acids is 1. The van der Waals surface area contributed by atoms with Crippen molar-refractivity contribution in [3.05, 3.63) is 0 Å². The number of hydrogen-bond acceptors (Lipinski definition) is 3. The minimum atomic E-state index is -1.06. The number of amides is 4. The van der Waals surface area contributed by atoms with Gasteiger partial charge in [0.15, 0.2) is 0 Å². The lowest BCUT2D eigenvalue weighted by atomic mass is 10.2. The van der Waals surface area contributed by atoms with Gasteiger partial charge in [0.25, 0.3) is 0 Å². The fraction of sp³-hybridized carbons (Fsp3) is 0.667. The highest BCUT2D eigenvalue weighted by Crippen LogP contribution is 2.01. The maximum absolute atomic E-state index is 11.5. The summed E-state index contributed by atoms with van der Waals surface area (Å²) in [5.41, 5.74) is 4.83. The maximum Gasteiger partial charge on any atom is 0.326 e. The zero-order chi connectivity index (χ0) is 13.4. The fourth-order valence-corrected chi connectivity index (χ4v) is 1.24. The summed E-state index contributed by atoms with van der Waals surface area (Å²) < 4.78 is 0. The summed E-state index contributed by atoms with van der Waals surface area (Å²) in [5, 5.41) is 13.6. The lowest BCUT2D eigenvalue weighted by Crippen LogP contribution is -2.48. The predicted molar refractivity (Wildman–Crippen MR) is 60.5 cm³/mol. The molecule has 17 heavy (non-hydrogen) atoms. The van der Waals surface area contributed by atoms with Crippen molar-refractivity contribution in [1.82, 2.24) is 15.5 Å². The topological polar surface area (TPSA) is 125 Å². The lowest BCUT2D eigenvalue weighted by Gasteiger charge is -2.23. The number of carboxylic acids is 1. The smallest absolute Gasteiger partial charge is 0.326 e. The van der Waals surface area contributed by atoms with Crippen LogP contribution in [0.1, 0.15) is 13.3 Å². The van der Waals surface area contributed by atoms with Crippen molar-refractivity contribution in [3.8, 4) is 0 Å². The summed E-state index contributed by atoms with van der Waals surface area (Å²) in [6, 6.07) is -2.05. The number of nitrogens with zero attached hydrogens (tertiary/aromatic N) is 1. The van der Waals surface area contributed by atoms with Crippen molar-refractivity contribution >= 4 is 18.0 Å². The largest absolute Gasteiger partial charge is 0.480 e. The van der Waals surface area contributed by atoms with Gasteiger partial charge in [0, 0.05) is 20.1 Å². The summed E-state index contributed by atoms with van der Waals surface area (Å²) in [4.78, 5) is 33.7. The van der Waals surface area contributed by atoms with Gasteiger partial charge in [-0.3, -0.25) is 0 Å². The average molecular weight is 246 g/mol. The molecule has 0 aliphatic carbocycles. The van der Waals surface area contributed by atoms with Crippen LogP contribution >= 0.6 is 0 Å². The van der Waals surface area contributed by atoms with Gasteiger partial charge < -0.3 is 26.4 Å². The van der Waals surface area contributed by atoms with E-state index in [1.165, 1.54) is 7.05 Å². The Morgan fingerprint density at radius 2 is 1.82 bits per heavy atom. The van der Waals surface area contributed by atoms with Crippen molar-refractivity contribution in [2.75, 3.05) is 20.1 Å². The summed E-state index contributed by atoms with van der Waals surface area (Å²) >= 11 is 0. The van der Waals surface area contributed by atoms with Crippen LogP contribution in [0.15, 0.2) is 0 Å². The quantitative estimate of drug-likeness (QED) is 0.456. The average Bonchev–Trinajstić information content (AvgIpc) is 2.24. The number of primary amides is 1. The van der Waals surface area contributed by atoms with Gasteiger partial charge in [0.05, 0.1) is 0 Å². The Bertz CT molecular complexity index is 295. The van der Waals surface area contributed by atoms with Crippen LogP contribution in [0, 0.1) is 0 Å². The van der Waals surface area contributed by atoms with E-state index in [4.69, 9.17) is 10.8 Å². The molecule has 0 aliphatic heterocycles. The van der Waals surface area contributed by atoms with Crippen molar-refractivity contribution in [3.63, 3.8) is 0 Å². The normalized spacial score (nSPS) is 11.4. The first-order valence-electron chi connectivity index (χ1n) is 5.16. The molecule has 0 fully saturated rings. The number of hydrogen-bond donors (Lipinski definition) is 4. The second-order valence-electron chi connectivity index (χ2n) is 3.40. The molecule has 0 heterocycles. The summed E-state index contributed by atoms with van der Waals surface area (Å²) in [6.45, 7) is 2.05. The van der Waals surface area contributed by atoms with E-state index in [1.807, 2.05) is 0 Å². The van der Waals surface area contributed by atoms with Gasteiger partial charge in [-0.1, -0.05) is 6.92 Å². The number of nitrogens with two attached hydrogens (primary N) is 1. The lowest BCUT2D eigenvalue weighted by molar-refractivity contribution is -0.141. The molecule has 5 N–H and O–H groups in total. The number of nitrogens with one attached hydrogen (secondary N) is 2. The molecule has 0 aromatic carbocycles. The van der Waals surface area contributed by atoms with E-state index in [0.29, 0.717) is 6.42 Å². The molecule has 8 nitrogen and oxygen atoms in total. The van der Waals surface area contributed by atoms with Crippen molar-refractivity contribution in [1.29, 1.82) is 0 Å². The first-order chi connectivity index (χ1) is 7.90. The third kappa shape index (κ3) is 5.59. The molecule has 8 heteroatoms. The van der Waals surface area contributed by atoms with Crippen LogP contribution in [0.2, 0.25) is 0 Å². The van der Waals surface area contributed by atoms with E-state index in [2.05, 4.69) is 10.6 Å². The monoisotopic (exact) mass is 246 g/mol. The van der Waals surface area contributed by atoms with Gasteiger partial charge in [-0.2, -0.15) is 0 Å². The molecule has 1 atom stereocenters. The van der Waals surface area contributed by atoms with Crippen LogP contribution in [-0.4, -0.2) is 54.2 Å². The van der Waals surface area contributed by atoms with E-state index in [1.54, 1.807) is 6.92 Å². The molecular weight excluding hydrogens is 228 g/mol. The number of rotatable bonds is 6. The number of carbonyl (C=O) groups excluding carboxylic acids is 2. The van der Waals surface area contributed by atoms with Crippen LogP contribution in [0.3, 0.4) is 0 Å².